The second kappa shape index (κ2) is 7.79. The first-order chi connectivity index (χ1) is 8.47. The topological polar surface area (TPSA) is 20.2 Å². The van der Waals surface area contributed by atoms with Crippen molar-refractivity contribution >= 4 is 11.8 Å². The van der Waals surface area contributed by atoms with Crippen molar-refractivity contribution in [2.24, 2.45) is 5.41 Å². The van der Waals surface area contributed by atoms with Crippen LogP contribution in [-0.4, -0.2) is 22.2 Å². The number of unbranched alkanes of at least 4 members (excludes halogenated alkanes) is 6. The largest absolute Gasteiger partial charge is 0.389 e. The van der Waals surface area contributed by atoms with E-state index in [1.165, 1.54) is 50.7 Å². The standard InChI is InChI=1S/C16H32OS/c1-4-5-6-7-8-9-10-11-16(17)12-15(2,3)13-18-14-16/h17H,4-14H2,1-3H3. The Balaban J connectivity index is 2.10. The van der Waals surface area contributed by atoms with Crippen LogP contribution < -0.4 is 0 Å². The third-order valence-electron chi connectivity index (χ3n) is 3.92. The molecule has 0 amide bonds. The zero-order chi connectivity index (χ0) is 13.5. The molecule has 108 valence electrons. The van der Waals surface area contributed by atoms with Gasteiger partial charge in [0.2, 0.25) is 0 Å². The lowest BCUT2D eigenvalue weighted by Gasteiger charge is -2.41. The Morgan fingerprint density at radius 2 is 1.56 bits per heavy atom. The summed E-state index contributed by atoms with van der Waals surface area (Å²) in [4.78, 5) is 0. The lowest BCUT2D eigenvalue weighted by atomic mass is 9.79. The summed E-state index contributed by atoms with van der Waals surface area (Å²) in [6, 6.07) is 0. The van der Waals surface area contributed by atoms with Gasteiger partial charge in [0.15, 0.2) is 0 Å². The zero-order valence-electron chi connectivity index (χ0n) is 12.6. The monoisotopic (exact) mass is 272 g/mol. The van der Waals surface area contributed by atoms with Crippen molar-refractivity contribution in [3.8, 4) is 0 Å². The molecule has 1 fully saturated rings. The van der Waals surface area contributed by atoms with Crippen LogP contribution in [0.1, 0.15) is 78.6 Å². The molecule has 0 aliphatic carbocycles. The van der Waals surface area contributed by atoms with Gasteiger partial charge in [-0.2, -0.15) is 11.8 Å². The third-order valence-corrected chi connectivity index (χ3v) is 5.64. The highest BCUT2D eigenvalue weighted by molar-refractivity contribution is 7.99. The normalized spacial score (nSPS) is 27.3. The van der Waals surface area contributed by atoms with Crippen LogP contribution in [0.3, 0.4) is 0 Å². The van der Waals surface area contributed by atoms with E-state index in [1.807, 2.05) is 11.8 Å². The van der Waals surface area contributed by atoms with Crippen molar-refractivity contribution in [2.75, 3.05) is 11.5 Å². The van der Waals surface area contributed by atoms with Crippen LogP contribution >= 0.6 is 11.8 Å². The lowest BCUT2D eigenvalue weighted by molar-refractivity contribution is 0.00974. The SMILES string of the molecule is CCCCCCCCCC1(O)CSCC(C)(C)C1. The van der Waals surface area contributed by atoms with Crippen molar-refractivity contribution < 1.29 is 5.11 Å². The van der Waals surface area contributed by atoms with E-state index in [-0.39, 0.29) is 5.60 Å². The molecule has 1 saturated heterocycles. The Labute approximate surface area is 118 Å². The van der Waals surface area contributed by atoms with Gasteiger partial charge in [-0.15, -0.1) is 0 Å². The molecule has 0 aromatic heterocycles. The number of hydrogen-bond donors (Lipinski definition) is 1. The highest BCUT2D eigenvalue weighted by Gasteiger charge is 2.38. The second-order valence-corrected chi connectivity index (χ2v) is 7.92. The molecule has 1 N–H and O–H groups in total. The molecule has 1 nitrogen and oxygen atoms in total. The van der Waals surface area contributed by atoms with Gasteiger partial charge in [-0.1, -0.05) is 65.7 Å². The molecule has 1 unspecified atom stereocenters. The van der Waals surface area contributed by atoms with Crippen molar-refractivity contribution in [2.45, 2.75) is 84.2 Å². The van der Waals surface area contributed by atoms with Crippen molar-refractivity contribution in [1.82, 2.24) is 0 Å². The maximum Gasteiger partial charge on any atom is 0.0743 e. The van der Waals surface area contributed by atoms with Crippen LogP contribution in [-0.2, 0) is 0 Å². The predicted octanol–water partition coefficient (Wildman–Crippen LogP) is 5.02. The van der Waals surface area contributed by atoms with Gasteiger partial charge in [0.05, 0.1) is 5.60 Å². The summed E-state index contributed by atoms with van der Waals surface area (Å²) in [5.41, 5.74) is -0.0609. The minimum Gasteiger partial charge on any atom is -0.389 e. The van der Waals surface area contributed by atoms with Gasteiger partial charge in [-0.3, -0.25) is 0 Å². The summed E-state index contributed by atoms with van der Waals surface area (Å²) in [6.45, 7) is 6.84. The molecule has 18 heavy (non-hydrogen) atoms. The minimum absolute atomic E-state index is 0.318. The van der Waals surface area contributed by atoms with E-state index >= 15 is 0 Å². The summed E-state index contributed by atoms with van der Waals surface area (Å²) >= 11 is 1.93. The van der Waals surface area contributed by atoms with Crippen LogP contribution in [0, 0.1) is 5.41 Å². The highest BCUT2D eigenvalue weighted by Crippen LogP contribution is 2.41. The molecule has 0 bridgehead atoms. The zero-order valence-corrected chi connectivity index (χ0v) is 13.5. The molecule has 1 aliphatic heterocycles. The molecule has 2 heteroatoms. The smallest absolute Gasteiger partial charge is 0.0743 e. The summed E-state index contributed by atoms with van der Waals surface area (Å²) in [5, 5.41) is 10.6. The Hall–Kier alpha value is 0.310. The Morgan fingerprint density at radius 3 is 2.17 bits per heavy atom. The second-order valence-electron chi connectivity index (χ2n) is 6.93. The third kappa shape index (κ3) is 6.47. The Bertz CT molecular complexity index is 227. The summed E-state index contributed by atoms with van der Waals surface area (Å²) in [7, 11) is 0. The van der Waals surface area contributed by atoms with E-state index in [0.29, 0.717) is 5.41 Å². The molecule has 0 spiro atoms. The minimum atomic E-state index is -0.379. The van der Waals surface area contributed by atoms with E-state index in [4.69, 9.17) is 0 Å². The maximum absolute atomic E-state index is 10.6. The van der Waals surface area contributed by atoms with Crippen molar-refractivity contribution in [1.29, 1.82) is 0 Å². The van der Waals surface area contributed by atoms with Gasteiger partial charge in [0.25, 0.3) is 0 Å². The van der Waals surface area contributed by atoms with E-state index < -0.39 is 0 Å². The van der Waals surface area contributed by atoms with E-state index in [1.54, 1.807) is 0 Å². The van der Waals surface area contributed by atoms with Gasteiger partial charge in [-0.05, 0) is 24.0 Å². The molecule has 0 aromatic rings. The molecular weight excluding hydrogens is 240 g/mol. The fourth-order valence-corrected chi connectivity index (χ4v) is 4.46. The molecule has 1 heterocycles. The fraction of sp³-hybridized carbons (Fsp3) is 1.00. The van der Waals surface area contributed by atoms with E-state index in [0.717, 1.165) is 18.6 Å². The molecule has 0 radical (unpaired) electrons. The van der Waals surface area contributed by atoms with E-state index in [2.05, 4.69) is 20.8 Å². The molecular formula is C16H32OS. The Kier molecular flexibility index (Phi) is 7.08. The first-order valence-corrected chi connectivity index (χ1v) is 8.93. The van der Waals surface area contributed by atoms with E-state index in [9.17, 15) is 5.11 Å². The summed E-state index contributed by atoms with van der Waals surface area (Å²) in [6.07, 6.45) is 11.3. The molecule has 0 saturated carbocycles. The number of thioether (sulfide) groups is 1. The first-order valence-electron chi connectivity index (χ1n) is 7.78. The average molecular weight is 272 g/mol. The van der Waals surface area contributed by atoms with Gasteiger partial charge >= 0.3 is 0 Å². The lowest BCUT2D eigenvalue weighted by Crippen LogP contribution is -2.42. The van der Waals surface area contributed by atoms with Crippen LogP contribution in [0.15, 0.2) is 0 Å². The van der Waals surface area contributed by atoms with Gasteiger partial charge in [-0.25, -0.2) is 0 Å². The number of hydrogen-bond acceptors (Lipinski definition) is 2. The quantitative estimate of drug-likeness (QED) is 0.626. The van der Waals surface area contributed by atoms with Crippen LogP contribution in [0.25, 0.3) is 0 Å². The first kappa shape index (κ1) is 16.4. The van der Waals surface area contributed by atoms with Crippen molar-refractivity contribution in [3.63, 3.8) is 0 Å². The average Bonchev–Trinajstić information content (AvgIpc) is 2.26. The van der Waals surface area contributed by atoms with Gasteiger partial charge in [0, 0.05) is 5.75 Å². The fourth-order valence-electron chi connectivity index (χ4n) is 3.08. The van der Waals surface area contributed by atoms with Gasteiger partial charge < -0.3 is 5.11 Å². The molecule has 1 aliphatic rings. The summed E-state index contributed by atoms with van der Waals surface area (Å²) in [5.74, 6) is 2.15. The number of rotatable bonds is 8. The molecule has 1 rings (SSSR count). The van der Waals surface area contributed by atoms with Crippen molar-refractivity contribution in [3.05, 3.63) is 0 Å². The maximum atomic E-state index is 10.6. The molecule has 1 atom stereocenters. The Morgan fingerprint density at radius 1 is 0.944 bits per heavy atom. The van der Waals surface area contributed by atoms with Crippen LogP contribution in [0.5, 0.6) is 0 Å². The highest BCUT2D eigenvalue weighted by atomic mass is 32.2. The van der Waals surface area contributed by atoms with Crippen LogP contribution in [0.4, 0.5) is 0 Å². The summed E-state index contributed by atoms with van der Waals surface area (Å²) < 4.78 is 0. The predicted molar refractivity (Wildman–Crippen MR) is 83.3 cm³/mol. The number of aliphatic hydroxyl groups is 1. The van der Waals surface area contributed by atoms with Crippen LogP contribution in [0.2, 0.25) is 0 Å². The molecule has 0 aromatic carbocycles. The van der Waals surface area contributed by atoms with Gasteiger partial charge in [0.1, 0.15) is 0 Å².